The Kier molecular flexibility index (Phi) is 6.76. The molecule has 3 aromatic rings. The molecular formula is C26H30O5Si. The van der Waals surface area contributed by atoms with Crippen LogP contribution in [0.25, 0.3) is 0 Å². The first-order valence-electron chi connectivity index (χ1n) is 10.5. The zero-order chi connectivity index (χ0) is 23.5. The lowest BCUT2D eigenvalue weighted by Crippen LogP contribution is -2.65. The van der Waals surface area contributed by atoms with Gasteiger partial charge in [0.15, 0.2) is 11.5 Å². The SMILES string of the molecule is COC(=O)c1c(CC(C)(C)[Si](O)(c2ccccc2)c2ccccc2)cc(OC)c(O)c1C. The number of phenols is 1. The minimum atomic E-state index is -3.29. The van der Waals surface area contributed by atoms with Gasteiger partial charge in [-0.2, -0.15) is 0 Å². The molecule has 32 heavy (non-hydrogen) atoms. The largest absolute Gasteiger partial charge is 0.504 e. The summed E-state index contributed by atoms with van der Waals surface area (Å²) in [5, 5.41) is 11.6. The maximum Gasteiger partial charge on any atom is 0.338 e. The molecule has 5 nitrogen and oxygen atoms in total. The van der Waals surface area contributed by atoms with Gasteiger partial charge >= 0.3 is 5.97 Å². The van der Waals surface area contributed by atoms with Crippen molar-refractivity contribution in [2.45, 2.75) is 32.2 Å². The number of phenolic OH excluding ortho intramolecular Hbond substituents is 1. The number of hydrogen-bond donors (Lipinski definition) is 2. The molecule has 0 radical (unpaired) electrons. The summed E-state index contributed by atoms with van der Waals surface area (Å²) in [6, 6.07) is 21.1. The van der Waals surface area contributed by atoms with Crippen molar-refractivity contribution in [3.8, 4) is 11.5 Å². The quantitative estimate of drug-likeness (QED) is 0.425. The predicted octanol–water partition coefficient (Wildman–Crippen LogP) is 3.57. The van der Waals surface area contributed by atoms with Crippen molar-refractivity contribution < 1.29 is 24.2 Å². The summed E-state index contributed by atoms with van der Waals surface area (Å²) in [4.78, 5) is 25.1. The van der Waals surface area contributed by atoms with E-state index in [9.17, 15) is 14.7 Å². The number of methoxy groups -OCH3 is 2. The Bertz CT molecular complexity index is 1050. The summed E-state index contributed by atoms with van der Waals surface area (Å²) < 4.78 is 10.4. The van der Waals surface area contributed by atoms with E-state index in [0.29, 0.717) is 23.1 Å². The normalized spacial score (nSPS) is 11.8. The molecule has 3 rings (SSSR count). The number of carbonyl (C=O) groups is 1. The van der Waals surface area contributed by atoms with Crippen molar-refractivity contribution >= 4 is 24.7 Å². The van der Waals surface area contributed by atoms with Gasteiger partial charge < -0.3 is 19.4 Å². The summed E-state index contributed by atoms with van der Waals surface area (Å²) in [7, 11) is -0.505. The third kappa shape index (κ3) is 4.03. The molecule has 0 heterocycles. The average Bonchev–Trinajstić information content (AvgIpc) is 2.81. The monoisotopic (exact) mass is 450 g/mol. The van der Waals surface area contributed by atoms with Crippen LogP contribution in [0, 0.1) is 6.92 Å². The van der Waals surface area contributed by atoms with Gasteiger partial charge in [-0.15, -0.1) is 0 Å². The number of aromatic hydroxyl groups is 1. The Morgan fingerprint density at radius 2 is 1.47 bits per heavy atom. The lowest BCUT2D eigenvalue weighted by molar-refractivity contribution is 0.0598. The summed E-state index contributed by atoms with van der Waals surface area (Å²) in [6.07, 6.45) is 0.376. The highest BCUT2D eigenvalue weighted by Gasteiger charge is 2.50. The van der Waals surface area contributed by atoms with Gasteiger partial charge in [0.25, 0.3) is 8.32 Å². The van der Waals surface area contributed by atoms with Crippen LogP contribution in [0.2, 0.25) is 5.04 Å². The number of benzene rings is 3. The molecule has 0 unspecified atom stereocenters. The third-order valence-corrected chi connectivity index (χ3v) is 10.7. The van der Waals surface area contributed by atoms with E-state index in [0.717, 1.165) is 10.4 Å². The van der Waals surface area contributed by atoms with E-state index in [1.807, 2.05) is 74.5 Å². The standard InChI is InChI=1S/C26H30O5Si/c1-18-23(25(28)31-5)19(16-22(30-4)24(18)27)17-26(2,3)32(29,20-12-8-6-9-13-20)21-14-10-7-11-15-21/h6-16,27,29H,17H2,1-5H3. The van der Waals surface area contributed by atoms with Gasteiger partial charge in [-0.05, 0) is 40.4 Å². The molecule has 0 atom stereocenters. The molecule has 6 heteroatoms. The van der Waals surface area contributed by atoms with Gasteiger partial charge in [0, 0.05) is 5.56 Å². The van der Waals surface area contributed by atoms with Crippen molar-refractivity contribution in [1.82, 2.24) is 0 Å². The fraction of sp³-hybridized carbons (Fsp3) is 0.269. The second-order valence-electron chi connectivity index (χ2n) is 8.58. The van der Waals surface area contributed by atoms with E-state index < -0.39 is 19.3 Å². The molecule has 0 saturated heterocycles. The lowest BCUT2D eigenvalue weighted by Gasteiger charge is -2.41. The van der Waals surface area contributed by atoms with Crippen molar-refractivity contribution in [2.24, 2.45) is 0 Å². The highest BCUT2D eigenvalue weighted by molar-refractivity contribution is 6.98. The van der Waals surface area contributed by atoms with Gasteiger partial charge in [-0.1, -0.05) is 74.5 Å². The van der Waals surface area contributed by atoms with Crippen LogP contribution in [0.5, 0.6) is 11.5 Å². The first-order chi connectivity index (χ1) is 15.2. The van der Waals surface area contributed by atoms with Gasteiger partial charge in [-0.25, -0.2) is 4.79 Å². The number of ether oxygens (including phenoxy) is 2. The van der Waals surface area contributed by atoms with E-state index >= 15 is 0 Å². The summed E-state index contributed by atoms with van der Waals surface area (Å²) >= 11 is 0. The molecule has 0 bridgehead atoms. The van der Waals surface area contributed by atoms with Gasteiger partial charge in [0.1, 0.15) is 0 Å². The highest BCUT2D eigenvalue weighted by atomic mass is 28.4. The van der Waals surface area contributed by atoms with Crippen LogP contribution >= 0.6 is 0 Å². The molecule has 168 valence electrons. The van der Waals surface area contributed by atoms with Crippen LogP contribution in [0.4, 0.5) is 0 Å². The fourth-order valence-electron chi connectivity index (χ4n) is 4.43. The molecule has 0 aliphatic heterocycles. The average molecular weight is 451 g/mol. The van der Waals surface area contributed by atoms with E-state index in [-0.39, 0.29) is 11.5 Å². The highest BCUT2D eigenvalue weighted by Crippen LogP contribution is 2.43. The third-order valence-electron chi connectivity index (χ3n) is 6.19. The first-order valence-corrected chi connectivity index (χ1v) is 12.4. The van der Waals surface area contributed by atoms with Crippen molar-refractivity contribution in [1.29, 1.82) is 0 Å². The zero-order valence-corrected chi connectivity index (χ0v) is 20.2. The molecule has 3 aromatic carbocycles. The first kappa shape index (κ1) is 23.6. The van der Waals surface area contributed by atoms with E-state index in [2.05, 4.69) is 0 Å². The summed E-state index contributed by atoms with van der Waals surface area (Å²) in [5.74, 6) is -0.338. The van der Waals surface area contributed by atoms with Crippen LogP contribution in [0.3, 0.4) is 0 Å². The van der Waals surface area contributed by atoms with Gasteiger partial charge in [0.2, 0.25) is 0 Å². The van der Waals surface area contributed by atoms with Gasteiger partial charge in [-0.3, -0.25) is 0 Å². The molecule has 0 spiro atoms. The molecule has 2 N–H and O–H groups in total. The molecule has 0 aromatic heterocycles. The minimum Gasteiger partial charge on any atom is -0.504 e. The van der Waals surface area contributed by atoms with Gasteiger partial charge in [0.05, 0.1) is 19.8 Å². The zero-order valence-electron chi connectivity index (χ0n) is 19.2. The number of carbonyl (C=O) groups excluding carboxylic acids is 1. The van der Waals surface area contributed by atoms with E-state index in [1.165, 1.54) is 14.2 Å². The summed E-state index contributed by atoms with van der Waals surface area (Å²) in [5.41, 5.74) is 1.36. The Labute approximate surface area is 190 Å². The van der Waals surface area contributed by atoms with Crippen LogP contribution in [0.15, 0.2) is 66.7 Å². The predicted molar refractivity (Wildman–Crippen MR) is 129 cm³/mol. The number of rotatable bonds is 7. The van der Waals surface area contributed by atoms with E-state index in [1.54, 1.807) is 13.0 Å². The minimum absolute atomic E-state index is 0.0897. The van der Waals surface area contributed by atoms with Crippen molar-refractivity contribution in [3.63, 3.8) is 0 Å². The smallest absolute Gasteiger partial charge is 0.338 e. The van der Waals surface area contributed by atoms with Crippen LogP contribution in [-0.4, -0.2) is 38.4 Å². The molecule has 0 saturated carbocycles. The number of esters is 1. The molecule has 0 aliphatic carbocycles. The Morgan fingerprint density at radius 3 is 1.91 bits per heavy atom. The molecule has 0 amide bonds. The maximum atomic E-state index is 12.7. The molecule has 0 fully saturated rings. The van der Waals surface area contributed by atoms with Crippen molar-refractivity contribution in [2.75, 3.05) is 14.2 Å². The second-order valence-corrected chi connectivity index (χ2v) is 12.5. The Morgan fingerprint density at radius 1 is 0.969 bits per heavy atom. The second kappa shape index (κ2) is 9.18. The fourth-order valence-corrected chi connectivity index (χ4v) is 8.13. The Hall–Kier alpha value is -3.09. The van der Waals surface area contributed by atoms with Crippen LogP contribution in [-0.2, 0) is 11.2 Å². The topological polar surface area (TPSA) is 76.0 Å². The van der Waals surface area contributed by atoms with E-state index in [4.69, 9.17) is 9.47 Å². The van der Waals surface area contributed by atoms with Crippen molar-refractivity contribution in [3.05, 3.63) is 83.4 Å². The maximum absolute atomic E-state index is 12.7. The van der Waals surface area contributed by atoms with Crippen LogP contribution < -0.4 is 15.1 Å². The lowest BCUT2D eigenvalue weighted by atomic mass is 9.93. The molecule has 0 aliphatic rings. The number of hydrogen-bond acceptors (Lipinski definition) is 5. The summed E-state index contributed by atoms with van der Waals surface area (Å²) in [6.45, 7) is 5.71. The Balaban J connectivity index is 2.22. The molecular weight excluding hydrogens is 420 g/mol. The van der Waals surface area contributed by atoms with Crippen LogP contribution in [0.1, 0.15) is 35.3 Å².